The highest BCUT2D eigenvalue weighted by molar-refractivity contribution is 5.98. The van der Waals surface area contributed by atoms with E-state index in [9.17, 15) is 32.7 Å². The van der Waals surface area contributed by atoms with Gasteiger partial charge in [0.05, 0.1) is 11.7 Å². The van der Waals surface area contributed by atoms with Crippen LogP contribution >= 0.6 is 0 Å². The molecule has 0 aliphatic heterocycles. The molecule has 43 heavy (non-hydrogen) atoms. The number of anilines is 1. The highest BCUT2D eigenvalue weighted by atomic mass is 19.4. The molecule has 15 heteroatoms. The molecule has 1 fully saturated rings. The fourth-order valence-electron chi connectivity index (χ4n) is 4.47. The number of nitrogens with zero attached hydrogens (tertiary/aromatic N) is 3. The number of nitrogens with one attached hydrogen (secondary N) is 3. The van der Waals surface area contributed by atoms with Crippen LogP contribution < -0.4 is 16.0 Å². The number of pyridine rings is 1. The van der Waals surface area contributed by atoms with Crippen molar-refractivity contribution >= 4 is 40.5 Å². The van der Waals surface area contributed by atoms with Gasteiger partial charge in [0.2, 0.25) is 5.91 Å². The Balaban J connectivity index is 0.000000646. The molecular weight excluding hydrogens is 573 g/mol. The molecule has 2 heterocycles. The molecule has 5 N–H and O–H groups in total. The summed E-state index contributed by atoms with van der Waals surface area (Å²) in [5, 5.41) is 30.4. The van der Waals surface area contributed by atoms with Gasteiger partial charge in [-0.2, -0.15) is 18.3 Å². The van der Waals surface area contributed by atoms with Crippen molar-refractivity contribution in [1.82, 2.24) is 25.4 Å². The minimum atomic E-state index is -5.08. The molecule has 2 amide bonds. The zero-order valence-electron chi connectivity index (χ0n) is 23.1. The topological polar surface area (TPSA) is 176 Å². The second-order valence-electron chi connectivity index (χ2n) is 9.88. The Bertz CT molecular complexity index is 1390. The molecule has 1 aliphatic carbocycles. The lowest BCUT2D eigenvalue weighted by molar-refractivity contribution is -0.192. The third kappa shape index (κ3) is 10.3. The number of benzene rings is 1. The molecule has 0 radical (unpaired) electrons. The minimum Gasteiger partial charge on any atom is -0.480 e. The van der Waals surface area contributed by atoms with E-state index < -0.39 is 30.1 Å². The lowest BCUT2D eigenvalue weighted by Crippen LogP contribution is -2.50. The summed E-state index contributed by atoms with van der Waals surface area (Å²) in [4.78, 5) is 49.9. The standard InChI is InChI=1S/C26H32N6O4.C2HF3O2/c33-24(29-17-21(26(35)36)31-25(34)18-7-2-1-3-8-18)19-10-11-22-20(15-19)16-30-32(22)14-6-13-28-23-9-4-5-12-27-23;3-2(4,5)1(6)7/h4-5,9-12,15-16,18,21H,1-3,6-8,13-14,17H2,(H,27,28)(H,29,33)(H,31,34)(H,35,36);(H,6,7)/t21-;/m0./s1. The van der Waals surface area contributed by atoms with Crippen molar-refractivity contribution < 1.29 is 42.6 Å². The first-order valence-corrected chi connectivity index (χ1v) is 13.7. The van der Waals surface area contributed by atoms with Crippen molar-refractivity contribution in [3.05, 3.63) is 54.4 Å². The van der Waals surface area contributed by atoms with Crippen LogP contribution in [0.1, 0.15) is 48.9 Å². The Morgan fingerprint density at radius 2 is 1.77 bits per heavy atom. The summed E-state index contributed by atoms with van der Waals surface area (Å²) in [5.41, 5.74) is 1.31. The number of aliphatic carboxylic acids is 2. The van der Waals surface area contributed by atoms with Crippen molar-refractivity contribution in [2.45, 2.75) is 57.3 Å². The summed E-state index contributed by atoms with van der Waals surface area (Å²) in [6.07, 6.45) is 3.84. The number of carboxylic acids is 2. The zero-order valence-corrected chi connectivity index (χ0v) is 23.1. The Morgan fingerprint density at radius 1 is 1.05 bits per heavy atom. The van der Waals surface area contributed by atoms with Crippen LogP contribution in [0.4, 0.5) is 19.0 Å². The Hall–Kier alpha value is -4.69. The number of rotatable bonds is 11. The molecule has 1 saturated carbocycles. The molecule has 12 nitrogen and oxygen atoms in total. The van der Waals surface area contributed by atoms with Gasteiger partial charge in [0, 0.05) is 42.7 Å². The molecule has 0 saturated heterocycles. The summed E-state index contributed by atoms with van der Waals surface area (Å²) in [6.45, 7) is 1.27. The number of aryl methyl sites for hydroxylation is 1. The molecule has 232 valence electrons. The molecule has 2 aromatic heterocycles. The molecule has 3 aromatic rings. The molecular formula is C28H33F3N6O6. The summed E-state index contributed by atoms with van der Waals surface area (Å²) < 4.78 is 33.6. The molecule has 0 spiro atoms. The lowest BCUT2D eigenvalue weighted by atomic mass is 9.88. The van der Waals surface area contributed by atoms with E-state index in [-0.39, 0.29) is 18.4 Å². The van der Waals surface area contributed by atoms with Gasteiger partial charge in [-0.15, -0.1) is 0 Å². The van der Waals surface area contributed by atoms with Gasteiger partial charge < -0.3 is 26.2 Å². The van der Waals surface area contributed by atoms with Crippen molar-refractivity contribution in [1.29, 1.82) is 0 Å². The number of hydrogen-bond donors (Lipinski definition) is 5. The predicted octanol–water partition coefficient (Wildman–Crippen LogP) is 3.45. The molecule has 0 bridgehead atoms. The van der Waals surface area contributed by atoms with Gasteiger partial charge in [-0.05, 0) is 49.6 Å². The van der Waals surface area contributed by atoms with Gasteiger partial charge in [-0.3, -0.25) is 14.3 Å². The highest BCUT2D eigenvalue weighted by Crippen LogP contribution is 2.23. The van der Waals surface area contributed by atoms with E-state index in [1.54, 1.807) is 24.5 Å². The average molecular weight is 607 g/mol. The van der Waals surface area contributed by atoms with Crippen LogP contribution in [0, 0.1) is 5.92 Å². The molecule has 1 aliphatic rings. The van der Waals surface area contributed by atoms with Crippen LogP contribution in [-0.2, 0) is 20.9 Å². The maximum atomic E-state index is 12.7. The number of amides is 2. The van der Waals surface area contributed by atoms with Gasteiger partial charge in [0.15, 0.2) is 0 Å². The quantitative estimate of drug-likeness (QED) is 0.205. The molecule has 1 aromatic carbocycles. The van der Waals surface area contributed by atoms with Crippen LogP contribution in [0.3, 0.4) is 0 Å². The fourth-order valence-corrected chi connectivity index (χ4v) is 4.47. The van der Waals surface area contributed by atoms with Crippen molar-refractivity contribution in [2.24, 2.45) is 5.92 Å². The van der Waals surface area contributed by atoms with Crippen LogP contribution in [0.2, 0.25) is 0 Å². The van der Waals surface area contributed by atoms with Gasteiger partial charge >= 0.3 is 18.1 Å². The third-order valence-corrected chi connectivity index (χ3v) is 6.72. The molecule has 1 atom stereocenters. The zero-order chi connectivity index (χ0) is 31.4. The van der Waals surface area contributed by atoms with Gasteiger partial charge in [-0.25, -0.2) is 14.6 Å². The summed E-state index contributed by atoms with van der Waals surface area (Å²) in [5.74, 6) is -3.90. The smallest absolute Gasteiger partial charge is 0.480 e. The van der Waals surface area contributed by atoms with E-state index >= 15 is 0 Å². The fraction of sp³-hybridized carbons (Fsp3) is 0.429. The Labute approximate surface area is 244 Å². The number of hydrogen-bond acceptors (Lipinski definition) is 7. The number of carbonyl (C=O) groups excluding carboxylic acids is 2. The number of fused-ring (bicyclic) bond motifs is 1. The van der Waals surface area contributed by atoms with Gasteiger partial charge in [0.1, 0.15) is 11.9 Å². The second kappa shape index (κ2) is 15.5. The lowest BCUT2D eigenvalue weighted by Gasteiger charge is -2.23. The number of alkyl halides is 3. The maximum Gasteiger partial charge on any atom is 0.490 e. The first-order chi connectivity index (χ1) is 20.5. The third-order valence-electron chi connectivity index (χ3n) is 6.72. The number of aromatic nitrogens is 3. The predicted molar refractivity (Wildman–Crippen MR) is 149 cm³/mol. The van der Waals surface area contributed by atoms with E-state index in [0.29, 0.717) is 12.1 Å². The summed E-state index contributed by atoms with van der Waals surface area (Å²) in [7, 11) is 0. The monoisotopic (exact) mass is 606 g/mol. The van der Waals surface area contributed by atoms with Crippen LogP contribution in [0.5, 0.6) is 0 Å². The number of carboxylic acid groups (broad SMARTS) is 2. The molecule has 0 unspecified atom stereocenters. The largest absolute Gasteiger partial charge is 0.490 e. The second-order valence-corrected chi connectivity index (χ2v) is 9.88. The van der Waals surface area contributed by atoms with E-state index in [1.165, 1.54) is 0 Å². The number of carbonyl (C=O) groups is 4. The minimum absolute atomic E-state index is 0.152. The average Bonchev–Trinajstić information content (AvgIpc) is 3.40. The van der Waals surface area contributed by atoms with Crippen LogP contribution in [0.15, 0.2) is 48.8 Å². The normalized spacial score (nSPS) is 14.2. The van der Waals surface area contributed by atoms with Gasteiger partial charge in [0.25, 0.3) is 5.91 Å². The van der Waals surface area contributed by atoms with Crippen molar-refractivity contribution in [3.8, 4) is 0 Å². The van der Waals surface area contributed by atoms with Crippen LogP contribution in [0.25, 0.3) is 10.9 Å². The van der Waals surface area contributed by atoms with Crippen molar-refractivity contribution in [2.75, 3.05) is 18.4 Å². The van der Waals surface area contributed by atoms with Crippen LogP contribution in [-0.4, -0.2) is 74.0 Å². The Kier molecular flexibility index (Phi) is 11.8. The highest BCUT2D eigenvalue weighted by Gasteiger charge is 2.38. The Morgan fingerprint density at radius 3 is 2.40 bits per heavy atom. The summed E-state index contributed by atoms with van der Waals surface area (Å²) in [6, 6.07) is 9.81. The maximum absolute atomic E-state index is 12.7. The van der Waals surface area contributed by atoms with E-state index in [2.05, 4.69) is 26.0 Å². The van der Waals surface area contributed by atoms with E-state index in [4.69, 9.17) is 9.90 Å². The van der Waals surface area contributed by atoms with Gasteiger partial charge in [-0.1, -0.05) is 25.3 Å². The first-order valence-electron chi connectivity index (χ1n) is 13.7. The SMILES string of the molecule is O=C(NC[C@H](NC(=O)C1CCCCC1)C(=O)O)c1ccc2c(cnn2CCCNc2ccccn2)c1.O=C(O)C(F)(F)F. The van der Waals surface area contributed by atoms with Crippen molar-refractivity contribution in [3.63, 3.8) is 0 Å². The first kappa shape index (κ1) is 32.8. The summed E-state index contributed by atoms with van der Waals surface area (Å²) >= 11 is 0. The van der Waals surface area contributed by atoms with E-state index in [1.807, 2.05) is 28.9 Å². The van der Waals surface area contributed by atoms with E-state index in [0.717, 1.165) is 61.8 Å². The number of halogens is 3. The molecule has 4 rings (SSSR count).